The minimum Gasteiger partial charge on any atom is -0.376 e. The van der Waals surface area contributed by atoms with Gasteiger partial charge in [0, 0.05) is 12.3 Å². The molecule has 0 radical (unpaired) electrons. The number of benzene rings is 1. The Bertz CT molecular complexity index is 495. The summed E-state index contributed by atoms with van der Waals surface area (Å²) in [5, 5.41) is 0. The summed E-state index contributed by atoms with van der Waals surface area (Å²) < 4.78 is 17.6. The van der Waals surface area contributed by atoms with Gasteiger partial charge in [0.1, 0.15) is 0 Å². The standard InChI is InChI=1S/C20H30O3/c1-15(11-19-12-17(3)22-20(4,5)23-19)16(2)13-21-14-18-9-7-6-8-10-18/h6-10,16-17,19H,1,11-14H2,2-5H3/t16-,17-,19+/m0/s1. The van der Waals surface area contributed by atoms with Gasteiger partial charge in [0.2, 0.25) is 0 Å². The monoisotopic (exact) mass is 318 g/mol. The van der Waals surface area contributed by atoms with Crippen LogP contribution in [0.5, 0.6) is 0 Å². The molecule has 1 aromatic carbocycles. The first-order chi connectivity index (χ1) is 10.9. The Morgan fingerprint density at radius 1 is 1.30 bits per heavy atom. The number of rotatable bonds is 7. The molecule has 0 N–H and O–H groups in total. The Morgan fingerprint density at radius 3 is 2.65 bits per heavy atom. The van der Waals surface area contributed by atoms with E-state index in [-0.39, 0.29) is 12.2 Å². The van der Waals surface area contributed by atoms with E-state index < -0.39 is 5.79 Å². The van der Waals surface area contributed by atoms with E-state index in [4.69, 9.17) is 14.2 Å². The van der Waals surface area contributed by atoms with Crippen molar-refractivity contribution < 1.29 is 14.2 Å². The molecule has 0 aromatic heterocycles. The second kappa shape index (κ2) is 8.09. The van der Waals surface area contributed by atoms with Crippen LogP contribution < -0.4 is 0 Å². The summed E-state index contributed by atoms with van der Waals surface area (Å²) in [6, 6.07) is 10.3. The maximum atomic E-state index is 6.01. The van der Waals surface area contributed by atoms with E-state index in [2.05, 4.69) is 32.6 Å². The molecule has 0 unspecified atom stereocenters. The van der Waals surface area contributed by atoms with Crippen molar-refractivity contribution >= 4 is 0 Å². The summed E-state index contributed by atoms with van der Waals surface area (Å²) in [7, 11) is 0. The summed E-state index contributed by atoms with van der Waals surface area (Å²) in [6.07, 6.45) is 2.19. The molecule has 1 fully saturated rings. The summed E-state index contributed by atoms with van der Waals surface area (Å²) in [5.74, 6) is -0.182. The van der Waals surface area contributed by atoms with Crippen LogP contribution >= 0.6 is 0 Å². The number of hydrogen-bond donors (Lipinski definition) is 0. The van der Waals surface area contributed by atoms with Crippen molar-refractivity contribution in [1.29, 1.82) is 0 Å². The second-order valence-electron chi connectivity index (χ2n) is 7.07. The van der Waals surface area contributed by atoms with E-state index in [1.54, 1.807) is 0 Å². The minimum atomic E-state index is -0.504. The molecular formula is C20H30O3. The van der Waals surface area contributed by atoms with Crippen LogP contribution in [0.2, 0.25) is 0 Å². The highest BCUT2D eigenvalue weighted by atomic mass is 16.7. The average Bonchev–Trinajstić information content (AvgIpc) is 2.46. The molecule has 0 amide bonds. The smallest absolute Gasteiger partial charge is 0.163 e. The molecule has 0 bridgehead atoms. The predicted molar refractivity (Wildman–Crippen MR) is 93.1 cm³/mol. The summed E-state index contributed by atoms with van der Waals surface area (Å²) >= 11 is 0. The van der Waals surface area contributed by atoms with E-state index in [9.17, 15) is 0 Å². The van der Waals surface area contributed by atoms with Gasteiger partial charge < -0.3 is 14.2 Å². The molecule has 1 aliphatic heterocycles. The Balaban J connectivity index is 1.74. The Hall–Kier alpha value is -1.16. The SMILES string of the molecule is C=C(C[C@@H]1C[C@H](C)OC(C)(C)O1)[C@@H](C)COCc1ccccc1. The number of hydrogen-bond acceptors (Lipinski definition) is 3. The van der Waals surface area contributed by atoms with E-state index in [0.29, 0.717) is 19.1 Å². The fourth-order valence-corrected chi connectivity index (χ4v) is 3.04. The highest BCUT2D eigenvalue weighted by Gasteiger charge is 2.33. The first kappa shape index (κ1) is 18.2. The zero-order chi connectivity index (χ0) is 16.9. The quantitative estimate of drug-likeness (QED) is 0.681. The van der Waals surface area contributed by atoms with Crippen LogP contribution in [-0.2, 0) is 20.8 Å². The lowest BCUT2D eigenvalue weighted by Crippen LogP contribution is -2.43. The lowest BCUT2D eigenvalue weighted by atomic mass is 9.94. The third-order valence-electron chi connectivity index (χ3n) is 4.20. The van der Waals surface area contributed by atoms with E-state index in [1.807, 2.05) is 32.0 Å². The van der Waals surface area contributed by atoms with E-state index >= 15 is 0 Å². The topological polar surface area (TPSA) is 27.7 Å². The third kappa shape index (κ3) is 6.09. The normalized spacial score (nSPS) is 25.0. The fraction of sp³-hybridized carbons (Fsp3) is 0.600. The van der Waals surface area contributed by atoms with E-state index in [1.165, 1.54) is 11.1 Å². The Kier molecular flexibility index (Phi) is 6.40. The lowest BCUT2D eigenvalue weighted by Gasteiger charge is -2.40. The van der Waals surface area contributed by atoms with Gasteiger partial charge in [0.15, 0.2) is 5.79 Å². The van der Waals surface area contributed by atoms with Crippen molar-refractivity contribution in [3.05, 3.63) is 48.0 Å². The van der Waals surface area contributed by atoms with Crippen molar-refractivity contribution in [3.63, 3.8) is 0 Å². The van der Waals surface area contributed by atoms with Crippen molar-refractivity contribution in [3.8, 4) is 0 Å². The molecule has 1 heterocycles. The van der Waals surface area contributed by atoms with Crippen LogP contribution in [0, 0.1) is 5.92 Å². The average molecular weight is 318 g/mol. The van der Waals surface area contributed by atoms with Gasteiger partial charge in [-0.1, -0.05) is 49.4 Å². The van der Waals surface area contributed by atoms with Gasteiger partial charge in [-0.25, -0.2) is 0 Å². The molecule has 0 aliphatic carbocycles. The van der Waals surface area contributed by atoms with Gasteiger partial charge in [0.25, 0.3) is 0 Å². The van der Waals surface area contributed by atoms with Gasteiger partial charge >= 0.3 is 0 Å². The molecule has 23 heavy (non-hydrogen) atoms. The maximum Gasteiger partial charge on any atom is 0.163 e. The molecule has 2 rings (SSSR count). The highest BCUT2D eigenvalue weighted by molar-refractivity contribution is 5.13. The molecule has 3 heteroatoms. The highest BCUT2D eigenvalue weighted by Crippen LogP contribution is 2.30. The van der Waals surface area contributed by atoms with Crippen molar-refractivity contribution in [2.45, 2.75) is 65.1 Å². The second-order valence-corrected chi connectivity index (χ2v) is 7.07. The molecule has 1 saturated heterocycles. The number of ether oxygens (including phenoxy) is 3. The van der Waals surface area contributed by atoms with Crippen LogP contribution in [0.4, 0.5) is 0 Å². The van der Waals surface area contributed by atoms with Crippen LogP contribution in [-0.4, -0.2) is 24.6 Å². The molecule has 0 saturated carbocycles. The van der Waals surface area contributed by atoms with Gasteiger partial charge in [0.05, 0.1) is 25.4 Å². The Labute approximate surface area is 140 Å². The zero-order valence-electron chi connectivity index (χ0n) is 14.9. The molecule has 128 valence electrons. The zero-order valence-corrected chi connectivity index (χ0v) is 14.9. The maximum absolute atomic E-state index is 6.01. The van der Waals surface area contributed by atoms with Gasteiger partial charge in [-0.2, -0.15) is 0 Å². The molecule has 1 aliphatic rings. The van der Waals surface area contributed by atoms with Crippen LogP contribution in [0.25, 0.3) is 0 Å². The van der Waals surface area contributed by atoms with Gasteiger partial charge in [-0.05, 0) is 32.8 Å². The summed E-state index contributed by atoms with van der Waals surface area (Å²) in [4.78, 5) is 0. The summed E-state index contributed by atoms with van der Waals surface area (Å²) in [6.45, 7) is 13.8. The Morgan fingerprint density at radius 2 is 2.00 bits per heavy atom. The van der Waals surface area contributed by atoms with Crippen LogP contribution in [0.15, 0.2) is 42.5 Å². The van der Waals surface area contributed by atoms with Crippen molar-refractivity contribution in [2.24, 2.45) is 5.92 Å². The summed E-state index contributed by atoms with van der Waals surface area (Å²) in [5.41, 5.74) is 2.39. The van der Waals surface area contributed by atoms with E-state index in [0.717, 1.165) is 12.8 Å². The van der Waals surface area contributed by atoms with Crippen LogP contribution in [0.3, 0.4) is 0 Å². The van der Waals surface area contributed by atoms with Crippen molar-refractivity contribution in [2.75, 3.05) is 6.61 Å². The molecule has 0 spiro atoms. The minimum absolute atomic E-state index is 0.179. The van der Waals surface area contributed by atoms with Gasteiger partial charge in [-0.3, -0.25) is 0 Å². The first-order valence-corrected chi connectivity index (χ1v) is 8.50. The predicted octanol–water partition coefficient (Wildman–Crippen LogP) is 4.72. The largest absolute Gasteiger partial charge is 0.376 e. The first-order valence-electron chi connectivity index (χ1n) is 8.50. The molecule has 1 aromatic rings. The lowest BCUT2D eigenvalue weighted by molar-refractivity contribution is -0.295. The third-order valence-corrected chi connectivity index (χ3v) is 4.20. The molecular weight excluding hydrogens is 288 g/mol. The van der Waals surface area contributed by atoms with Crippen LogP contribution in [0.1, 0.15) is 46.1 Å². The van der Waals surface area contributed by atoms with Crippen molar-refractivity contribution in [1.82, 2.24) is 0 Å². The van der Waals surface area contributed by atoms with Gasteiger partial charge in [-0.15, -0.1) is 0 Å². The molecule has 3 nitrogen and oxygen atoms in total. The molecule has 3 atom stereocenters. The fourth-order valence-electron chi connectivity index (χ4n) is 3.04.